The van der Waals surface area contributed by atoms with Crippen molar-refractivity contribution >= 4 is 10.9 Å². The predicted molar refractivity (Wildman–Crippen MR) is 82.4 cm³/mol. The molecule has 0 unspecified atom stereocenters. The van der Waals surface area contributed by atoms with Gasteiger partial charge in [-0.15, -0.1) is 0 Å². The van der Waals surface area contributed by atoms with E-state index in [1.807, 2.05) is 6.07 Å². The number of hydrogen-bond acceptors (Lipinski definition) is 6. The Balaban J connectivity index is 2.45. The van der Waals surface area contributed by atoms with E-state index in [1.165, 1.54) is 0 Å². The molecule has 1 heterocycles. The molecule has 0 bridgehead atoms. The smallest absolute Gasteiger partial charge is 0.236 e. The average molecular weight is 301 g/mol. The zero-order valence-corrected chi connectivity index (χ0v) is 13.0. The van der Waals surface area contributed by atoms with E-state index in [0.717, 1.165) is 19.3 Å². The third-order valence-corrected chi connectivity index (χ3v) is 3.25. The highest BCUT2D eigenvalue weighted by Crippen LogP contribution is 2.34. The zero-order chi connectivity index (χ0) is 15.9. The highest BCUT2D eigenvalue weighted by Gasteiger charge is 2.14. The number of nitrogens with zero attached hydrogens (tertiary/aromatic N) is 3. The van der Waals surface area contributed by atoms with Gasteiger partial charge in [-0.25, -0.2) is 4.98 Å². The van der Waals surface area contributed by atoms with Gasteiger partial charge in [0.05, 0.1) is 31.7 Å². The molecule has 2 aromatic rings. The summed E-state index contributed by atoms with van der Waals surface area (Å²) in [7, 11) is 3.12. The minimum atomic E-state index is 0.0743. The summed E-state index contributed by atoms with van der Waals surface area (Å²) in [5.74, 6) is 1.60. The molecule has 22 heavy (non-hydrogen) atoms. The van der Waals surface area contributed by atoms with E-state index in [1.54, 1.807) is 26.4 Å². The average Bonchev–Trinajstić information content (AvgIpc) is 2.56. The first-order valence-electron chi connectivity index (χ1n) is 7.20. The van der Waals surface area contributed by atoms with Crippen LogP contribution < -0.4 is 14.2 Å². The summed E-state index contributed by atoms with van der Waals surface area (Å²) in [6.45, 7) is 2.68. The lowest BCUT2D eigenvalue weighted by molar-refractivity contribution is 0.298. The van der Waals surface area contributed by atoms with Crippen molar-refractivity contribution in [3.05, 3.63) is 18.0 Å². The maximum absolute atomic E-state index is 9.07. The van der Waals surface area contributed by atoms with Crippen molar-refractivity contribution in [3.8, 4) is 23.4 Å². The summed E-state index contributed by atoms with van der Waals surface area (Å²) in [5.41, 5.74) is 0.592. The molecule has 0 saturated carbocycles. The first-order chi connectivity index (χ1) is 10.7. The zero-order valence-electron chi connectivity index (χ0n) is 13.0. The van der Waals surface area contributed by atoms with Crippen LogP contribution in [-0.2, 0) is 0 Å². The quantitative estimate of drug-likeness (QED) is 0.731. The van der Waals surface area contributed by atoms with Crippen molar-refractivity contribution in [2.75, 3.05) is 20.8 Å². The Labute approximate surface area is 129 Å². The van der Waals surface area contributed by atoms with Crippen molar-refractivity contribution in [1.29, 1.82) is 5.26 Å². The lowest BCUT2D eigenvalue weighted by Gasteiger charge is -2.12. The Morgan fingerprint density at radius 3 is 2.45 bits per heavy atom. The summed E-state index contributed by atoms with van der Waals surface area (Å²) >= 11 is 0. The van der Waals surface area contributed by atoms with Gasteiger partial charge in [0.25, 0.3) is 0 Å². The normalized spacial score (nSPS) is 10.3. The molecule has 116 valence electrons. The maximum atomic E-state index is 9.07. The van der Waals surface area contributed by atoms with Crippen molar-refractivity contribution in [3.63, 3.8) is 0 Å². The summed E-state index contributed by atoms with van der Waals surface area (Å²) in [4.78, 5) is 8.35. The van der Waals surface area contributed by atoms with Gasteiger partial charge in [-0.1, -0.05) is 19.8 Å². The van der Waals surface area contributed by atoms with Crippen LogP contribution in [0.1, 0.15) is 32.0 Å². The fourth-order valence-electron chi connectivity index (χ4n) is 2.11. The van der Waals surface area contributed by atoms with Crippen LogP contribution in [0.15, 0.2) is 12.1 Å². The molecule has 0 aliphatic heterocycles. The fraction of sp³-hybridized carbons (Fsp3) is 0.438. The van der Waals surface area contributed by atoms with Gasteiger partial charge in [-0.05, 0) is 12.5 Å². The van der Waals surface area contributed by atoms with Crippen LogP contribution in [0.5, 0.6) is 17.4 Å². The van der Waals surface area contributed by atoms with Crippen LogP contribution >= 0.6 is 0 Å². The molecule has 6 nitrogen and oxygen atoms in total. The van der Waals surface area contributed by atoms with Gasteiger partial charge < -0.3 is 14.2 Å². The molecular weight excluding hydrogens is 282 g/mol. The summed E-state index contributed by atoms with van der Waals surface area (Å²) in [5, 5.41) is 9.77. The third-order valence-electron chi connectivity index (χ3n) is 3.25. The van der Waals surface area contributed by atoms with Gasteiger partial charge in [-0.3, -0.25) is 0 Å². The topological polar surface area (TPSA) is 77.3 Å². The van der Waals surface area contributed by atoms with Gasteiger partial charge in [0, 0.05) is 6.07 Å². The van der Waals surface area contributed by atoms with Crippen LogP contribution in [0.4, 0.5) is 0 Å². The summed E-state index contributed by atoms with van der Waals surface area (Å²) < 4.78 is 16.3. The third kappa shape index (κ3) is 3.37. The SMILES string of the molecule is CCCCCOc1nc(C#N)nc2cc(OC)c(OC)cc12. The second-order valence-electron chi connectivity index (χ2n) is 4.74. The van der Waals surface area contributed by atoms with Gasteiger partial charge >= 0.3 is 0 Å². The van der Waals surface area contributed by atoms with E-state index in [4.69, 9.17) is 19.5 Å². The number of rotatable bonds is 7. The first kappa shape index (κ1) is 15.8. The Bertz CT molecular complexity index is 695. The number of aromatic nitrogens is 2. The molecule has 2 rings (SSSR count). The van der Waals surface area contributed by atoms with Crippen molar-refractivity contribution in [2.24, 2.45) is 0 Å². The van der Waals surface area contributed by atoms with E-state index < -0.39 is 0 Å². The summed E-state index contributed by atoms with van der Waals surface area (Å²) in [6, 6.07) is 5.44. The van der Waals surface area contributed by atoms with Crippen LogP contribution in [0.3, 0.4) is 0 Å². The number of nitriles is 1. The van der Waals surface area contributed by atoms with Crippen LogP contribution in [0.2, 0.25) is 0 Å². The van der Waals surface area contributed by atoms with Crippen LogP contribution in [-0.4, -0.2) is 30.8 Å². The Morgan fingerprint density at radius 1 is 1.09 bits per heavy atom. The second kappa shape index (κ2) is 7.46. The number of benzene rings is 1. The highest BCUT2D eigenvalue weighted by molar-refractivity contribution is 5.87. The molecule has 0 atom stereocenters. The van der Waals surface area contributed by atoms with Crippen molar-refractivity contribution in [2.45, 2.75) is 26.2 Å². The molecular formula is C16H19N3O3. The van der Waals surface area contributed by atoms with E-state index >= 15 is 0 Å². The fourth-order valence-corrected chi connectivity index (χ4v) is 2.11. The Hall–Kier alpha value is -2.55. The molecule has 0 fully saturated rings. The molecule has 0 saturated heterocycles. The van der Waals surface area contributed by atoms with E-state index in [0.29, 0.717) is 34.9 Å². The number of unbranched alkanes of at least 4 members (excludes halogenated alkanes) is 2. The molecule has 1 aromatic heterocycles. The molecule has 0 N–H and O–H groups in total. The Morgan fingerprint density at radius 2 is 1.82 bits per heavy atom. The van der Waals surface area contributed by atoms with E-state index in [2.05, 4.69) is 16.9 Å². The summed E-state index contributed by atoms with van der Waals surface area (Å²) in [6.07, 6.45) is 3.14. The highest BCUT2D eigenvalue weighted by atomic mass is 16.5. The number of methoxy groups -OCH3 is 2. The van der Waals surface area contributed by atoms with Crippen molar-refractivity contribution in [1.82, 2.24) is 9.97 Å². The van der Waals surface area contributed by atoms with Crippen LogP contribution in [0, 0.1) is 11.3 Å². The molecule has 6 heteroatoms. The molecule has 0 radical (unpaired) electrons. The van der Waals surface area contributed by atoms with Gasteiger partial charge in [-0.2, -0.15) is 10.2 Å². The molecule has 0 aliphatic rings. The molecule has 0 amide bonds. The van der Waals surface area contributed by atoms with E-state index in [9.17, 15) is 0 Å². The number of fused-ring (bicyclic) bond motifs is 1. The minimum Gasteiger partial charge on any atom is -0.493 e. The Kier molecular flexibility index (Phi) is 5.37. The number of hydrogen-bond donors (Lipinski definition) is 0. The number of ether oxygens (including phenoxy) is 3. The van der Waals surface area contributed by atoms with Gasteiger partial charge in [0.15, 0.2) is 11.5 Å². The largest absolute Gasteiger partial charge is 0.493 e. The van der Waals surface area contributed by atoms with Crippen molar-refractivity contribution < 1.29 is 14.2 Å². The van der Waals surface area contributed by atoms with Crippen LogP contribution in [0.25, 0.3) is 10.9 Å². The second-order valence-corrected chi connectivity index (χ2v) is 4.74. The monoisotopic (exact) mass is 301 g/mol. The van der Waals surface area contributed by atoms with Gasteiger partial charge in [0.2, 0.25) is 11.7 Å². The lowest BCUT2D eigenvalue weighted by atomic mass is 10.2. The minimum absolute atomic E-state index is 0.0743. The predicted octanol–water partition coefficient (Wildman–Crippen LogP) is 3.09. The first-order valence-corrected chi connectivity index (χ1v) is 7.20. The van der Waals surface area contributed by atoms with E-state index in [-0.39, 0.29) is 5.82 Å². The standard InChI is InChI=1S/C16H19N3O3/c1-4-5-6-7-22-16-11-8-13(20-2)14(21-3)9-12(11)18-15(10-17)19-16/h8-9H,4-7H2,1-3H3. The van der Waals surface area contributed by atoms with Gasteiger partial charge in [0.1, 0.15) is 6.07 Å². The molecule has 0 aliphatic carbocycles. The lowest BCUT2D eigenvalue weighted by Crippen LogP contribution is -2.03. The maximum Gasteiger partial charge on any atom is 0.236 e. The molecule has 1 aromatic carbocycles. The molecule has 0 spiro atoms.